The summed E-state index contributed by atoms with van der Waals surface area (Å²) in [7, 11) is 0. The molecule has 0 saturated carbocycles. The van der Waals surface area contributed by atoms with Crippen molar-refractivity contribution < 1.29 is 9.63 Å². The smallest absolute Gasteiger partial charge is 0.258 e. The molecule has 0 aliphatic rings. The first-order chi connectivity index (χ1) is 11.7. The highest BCUT2D eigenvalue weighted by molar-refractivity contribution is 6.18. The number of alkyl halides is 1. The predicted molar refractivity (Wildman–Crippen MR) is 95.1 cm³/mol. The molecule has 24 heavy (non-hydrogen) atoms. The van der Waals surface area contributed by atoms with Crippen LogP contribution in [0.2, 0.25) is 0 Å². The lowest BCUT2D eigenvalue weighted by molar-refractivity contribution is 0.211. The normalized spacial score (nSPS) is 12.1. The van der Waals surface area contributed by atoms with E-state index in [0.717, 1.165) is 16.8 Å². The summed E-state index contributed by atoms with van der Waals surface area (Å²) in [5.74, 6) is 1.20. The second-order valence-corrected chi connectivity index (χ2v) is 5.87. The van der Waals surface area contributed by atoms with E-state index in [1.165, 1.54) is 5.56 Å². The molecule has 2 N–H and O–H groups in total. The minimum absolute atomic E-state index is 0.191. The van der Waals surface area contributed by atoms with Crippen LogP contribution in [-0.4, -0.2) is 33.8 Å². The highest BCUT2D eigenvalue weighted by Crippen LogP contribution is 2.24. The van der Waals surface area contributed by atoms with Gasteiger partial charge in [0, 0.05) is 23.4 Å². The Balaban J connectivity index is 1.78. The SMILES string of the molecule is Cc1ccc(-c2noc(-c3cccc(NCC(O)CCl)c3)n2)cc1. The Kier molecular flexibility index (Phi) is 5.13. The van der Waals surface area contributed by atoms with Gasteiger partial charge in [0.1, 0.15) is 0 Å². The van der Waals surface area contributed by atoms with E-state index < -0.39 is 6.10 Å². The topological polar surface area (TPSA) is 71.2 Å². The molecular weight excluding hydrogens is 326 g/mol. The second kappa shape index (κ2) is 7.47. The van der Waals surface area contributed by atoms with E-state index in [1.807, 2.05) is 55.5 Å². The van der Waals surface area contributed by atoms with Crippen LogP contribution in [0.3, 0.4) is 0 Å². The molecule has 0 bridgehead atoms. The van der Waals surface area contributed by atoms with Gasteiger partial charge in [-0.05, 0) is 25.1 Å². The lowest BCUT2D eigenvalue weighted by Crippen LogP contribution is -2.20. The van der Waals surface area contributed by atoms with Gasteiger partial charge in [-0.15, -0.1) is 11.6 Å². The van der Waals surface area contributed by atoms with Crippen molar-refractivity contribution in [1.29, 1.82) is 0 Å². The molecule has 1 aromatic heterocycles. The van der Waals surface area contributed by atoms with Crippen LogP contribution < -0.4 is 5.32 Å². The molecule has 0 aliphatic heterocycles. The molecule has 1 heterocycles. The Labute approximate surface area is 145 Å². The van der Waals surface area contributed by atoms with E-state index in [9.17, 15) is 5.11 Å². The highest BCUT2D eigenvalue weighted by atomic mass is 35.5. The van der Waals surface area contributed by atoms with E-state index in [4.69, 9.17) is 16.1 Å². The molecule has 1 unspecified atom stereocenters. The zero-order chi connectivity index (χ0) is 16.9. The lowest BCUT2D eigenvalue weighted by Gasteiger charge is -2.10. The largest absolute Gasteiger partial charge is 0.390 e. The molecule has 0 aliphatic carbocycles. The van der Waals surface area contributed by atoms with Crippen molar-refractivity contribution in [2.24, 2.45) is 0 Å². The molecule has 0 spiro atoms. The number of halogens is 1. The Morgan fingerprint density at radius 1 is 1.17 bits per heavy atom. The van der Waals surface area contributed by atoms with Crippen LogP contribution in [0.4, 0.5) is 5.69 Å². The average Bonchev–Trinajstić information content (AvgIpc) is 3.10. The number of hydrogen-bond acceptors (Lipinski definition) is 5. The number of hydrogen-bond donors (Lipinski definition) is 2. The average molecular weight is 344 g/mol. The third kappa shape index (κ3) is 3.93. The lowest BCUT2D eigenvalue weighted by atomic mass is 10.1. The summed E-state index contributed by atoms with van der Waals surface area (Å²) in [4.78, 5) is 4.46. The Morgan fingerprint density at radius 2 is 1.96 bits per heavy atom. The van der Waals surface area contributed by atoms with Crippen LogP contribution in [0.1, 0.15) is 5.56 Å². The summed E-state index contributed by atoms with van der Waals surface area (Å²) in [6.45, 7) is 2.41. The maximum atomic E-state index is 9.52. The molecule has 3 rings (SSSR count). The fourth-order valence-corrected chi connectivity index (χ4v) is 2.32. The van der Waals surface area contributed by atoms with Crippen LogP contribution in [-0.2, 0) is 0 Å². The highest BCUT2D eigenvalue weighted by Gasteiger charge is 2.11. The van der Waals surface area contributed by atoms with Gasteiger partial charge in [-0.25, -0.2) is 0 Å². The summed E-state index contributed by atoms with van der Waals surface area (Å²) >= 11 is 5.59. The Morgan fingerprint density at radius 3 is 2.71 bits per heavy atom. The molecule has 0 fully saturated rings. The first kappa shape index (κ1) is 16.5. The van der Waals surface area contributed by atoms with Crippen LogP contribution >= 0.6 is 11.6 Å². The number of rotatable bonds is 6. The molecule has 0 amide bonds. The third-order valence-corrected chi connectivity index (χ3v) is 3.92. The van der Waals surface area contributed by atoms with Gasteiger partial charge in [0.15, 0.2) is 0 Å². The fraction of sp³-hybridized carbons (Fsp3) is 0.222. The molecule has 3 aromatic rings. The second-order valence-electron chi connectivity index (χ2n) is 5.56. The van der Waals surface area contributed by atoms with Gasteiger partial charge in [0.25, 0.3) is 5.89 Å². The van der Waals surface area contributed by atoms with Crippen LogP contribution in [0.25, 0.3) is 22.8 Å². The van der Waals surface area contributed by atoms with Crippen molar-refractivity contribution in [2.75, 3.05) is 17.7 Å². The van der Waals surface area contributed by atoms with E-state index in [0.29, 0.717) is 18.3 Å². The minimum Gasteiger partial charge on any atom is -0.390 e. The predicted octanol–water partition coefficient (Wildman–Crippen LogP) is 3.72. The van der Waals surface area contributed by atoms with E-state index in [1.54, 1.807) is 0 Å². The summed E-state index contributed by atoms with van der Waals surface area (Å²) in [5.41, 5.74) is 3.76. The molecule has 0 saturated heterocycles. The Hall–Kier alpha value is -2.37. The molecule has 0 radical (unpaired) electrons. The van der Waals surface area contributed by atoms with Crippen molar-refractivity contribution >= 4 is 17.3 Å². The van der Waals surface area contributed by atoms with Crippen LogP contribution in [0.5, 0.6) is 0 Å². The molecule has 1 atom stereocenters. The molecule has 5 nitrogen and oxygen atoms in total. The van der Waals surface area contributed by atoms with E-state index in [2.05, 4.69) is 15.5 Å². The molecule has 124 valence electrons. The van der Waals surface area contributed by atoms with Gasteiger partial charge in [-0.2, -0.15) is 4.98 Å². The van der Waals surface area contributed by atoms with Crippen LogP contribution in [0, 0.1) is 6.92 Å². The standard InChI is InChI=1S/C18H18ClN3O2/c1-12-5-7-13(8-6-12)17-21-18(24-22-17)14-3-2-4-15(9-14)20-11-16(23)10-19/h2-9,16,20,23H,10-11H2,1H3. The van der Waals surface area contributed by atoms with Gasteiger partial charge in [0.2, 0.25) is 5.82 Å². The van der Waals surface area contributed by atoms with E-state index in [-0.39, 0.29) is 5.88 Å². The van der Waals surface area contributed by atoms with Gasteiger partial charge in [-0.3, -0.25) is 0 Å². The monoisotopic (exact) mass is 343 g/mol. The summed E-state index contributed by atoms with van der Waals surface area (Å²) in [6, 6.07) is 15.5. The van der Waals surface area contributed by atoms with Crippen molar-refractivity contribution in [3.8, 4) is 22.8 Å². The van der Waals surface area contributed by atoms with Crippen molar-refractivity contribution in [2.45, 2.75) is 13.0 Å². The number of aliphatic hydroxyl groups is 1. The zero-order valence-electron chi connectivity index (χ0n) is 13.2. The first-order valence-corrected chi connectivity index (χ1v) is 8.18. The van der Waals surface area contributed by atoms with Crippen molar-refractivity contribution in [3.05, 3.63) is 54.1 Å². The van der Waals surface area contributed by atoms with Gasteiger partial charge >= 0.3 is 0 Å². The first-order valence-electron chi connectivity index (χ1n) is 7.65. The zero-order valence-corrected chi connectivity index (χ0v) is 14.0. The number of aromatic nitrogens is 2. The van der Waals surface area contributed by atoms with Gasteiger partial charge in [0.05, 0.1) is 12.0 Å². The summed E-state index contributed by atoms with van der Waals surface area (Å²) < 4.78 is 5.38. The Bertz CT molecular complexity index is 802. The van der Waals surface area contributed by atoms with Gasteiger partial charge in [-0.1, -0.05) is 41.1 Å². The number of anilines is 1. The number of nitrogens with zero attached hydrogens (tertiary/aromatic N) is 2. The maximum Gasteiger partial charge on any atom is 0.258 e. The number of benzene rings is 2. The van der Waals surface area contributed by atoms with E-state index >= 15 is 0 Å². The van der Waals surface area contributed by atoms with Crippen LogP contribution in [0.15, 0.2) is 53.1 Å². The minimum atomic E-state index is -0.591. The van der Waals surface area contributed by atoms with Gasteiger partial charge < -0.3 is 14.9 Å². The molecule has 2 aromatic carbocycles. The summed E-state index contributed by atoms with van der Waals surface area (Å²) in [5, 5.41) is 16.7. The third-order valence-electron chi connectivity index (χ3n) is 3.57. The number of aliphatic hydroxyl groups excluding tert-OH is 1. The fourth-order valence-electron chi connectivity index (χ4n) is 2.21. The maximum absolute atomic E-state index is 9.52. The van der Waals surface area contributed by atoms with Crippen molar-refractivity contribution in [3.63, 3.8) is 0 Å². The summed E-state index contributed by atoms with van der Waals surface area (Å²) in [6.07, 6.45) is -0.591. The number of aryl methyl sites for hydroxylation is 1. The molecule has 6 heteroatoms. The quantitative estimate of drug-likeness (QED) is 0.667. The molecular formula is C18H18ClN3O2. The number of nitrogens with one attached hydrogen (secondary N) is 1. The van der Waals surface area contributed by atoms with Crippen molar-refractivity contribution in [1.82, 2.24) is 10.1 Å².